The maximum Gasteiger partial charge on any atom is 0.223 e. The van der Waals surface area contributed by atoms with E-state index in [0.29, 0.717) is 6.54 Å². The van der Waals surface area contributed by atoms with Crippen molar-refractivity contribution in [1.82, 2.24) is 4.90 Å². The Hall–Kier alpha value is -1.66. The second-order valence-corrected chi connectivity index (χ2v) is 6.34. The molecule has 0 heterocycles. The van der Waals surface area contributed by atoms with Crippen LogP contribution in [0.4, 0.5) is 0 Å². The van der Waals surface area contributed by atoms with Gasteiger partial charge in [-0.15, -0.1) is 6.58 Å². The predicted molar refractivity (Wildman–Crippen MR) is 77.0 cm³/mol. The molecule has 0 radical (unpaired) electrons. The molecule has 20 heavy (non-hydrogen) atoms. The predicted octanol–water partition coefficient (Wildman–Crippen LogP) is 0.857. The number of sulfone groups is 1. The average Bonchev–Trinajstić information content (AvgIpc) is 2.45. The zero-order valence-corrected chi connectivity index (χ0v) is 12.1. The molecule has 110 valence electrons. The fraction of sp³-hybridized carbons (Fsp3) is 0.357. The van der Waals surface area contributed by atoms with Crippen LogP contribution in [-0.4, -0.2) is 49.8 Å². The van der Waals surface area contributed by atoms with Gasteiger partial charge in [-0.05, 0) is 12.1 Å². The van der Waals surface area contributed by atoms with Crippen molar-refractivity contribution < 1.29 is 18.3 Å². The van der Waals surface area contributed by atoms with E-state index < -0.39 is 9.84 Å². The minimum Gasteiger partial charge on any atom is -0.395 e. The minimum absolute atomic E-state index is 0.106. The summed E-state index contributed by atoms with van der Waals surface area (Å²) in [6.07, 6.45) is 1.43. The zero-order valence-electron chi connectivity index (χ0n) is 11.2. The third kappa shape index (κ3) is 4.79. The van der Waals surface area contributed by atoms with E-state index in [4.69, 9.17) is 5.11 Å². The van der Waals surface area contributed by atoms with Crippen LogP contribution in [0.15, 0.2) is 47.9 Å². The summed E-state index contributed by atoms with van der Waals surface area (Å²) in [5, 5.41) is 8.87. The summed E-state index contributed by atoms with van der Waals surface area (Å²) in [6, 6.07) is 8.04. The average molecular weight is 297 g/mol. The topological polar surface area (TPSA) is 74.7 Å². The normalized spacial score (nSPS) is 11.1. The first-order valence-corrected chi connectivity index (χ1v) is 7.94. The monoisotopic (exact) mass is 297 g/mol. The largest absolute Gasteiger partial charge is 0.395 e. The van der Waals surface area contributed by atoms with Crippen molar-refractivity contribution in [3.63, 3.8) is 0 Å². The highest BCUT2D eigenvalue weighted by atomic mass is 32.2. The molecule has 0 fully saturated rings. The second-order valence-electron chi connectivity index (χ2n) is 4.23. The molecule has 1 aromatic rings. The van der Waals surface area contributed by atoms with Gasteiger partial charge in [0.2, 0.25) is 5.91 Å². The molecular formula is C14H19NO4S. The van der Waals surface area contributed by atoms with Crippen LogP contribution in [0.1, 0.15) is 6.42 Å². The number of rotatable bonds is 8. The van der Waals surface area contributed by atoms with Gasteiger partial charge in [0.15, 0.2) is 9.84 Å². The lowest BCUT2D eigenvalue weighted by Gasteiger charge is -2.19. The molecule has 0 atom stereocenters. The molecular weight excluding hydrogens is 278 g/mol. The molecule has 1 rings (SSSR count). The van der Waals surface area contributed by atoms with E-state index in [1.807, 2.05) is 0 Å². The molecule has 0 bridgehead atoms. The van der Waals surface area contributed by atoms with Crippen LogP contribution >= 0.6 is 0 Å². The van der Waals surface area contributed by atoms with Gasteiger partial charge in [0.25, 0.3) is 0 Å². The quantitative estimate of drug-likeness (QED) is 0.722. The number of carbonyl (C=O) groups is 1. The summed E-state index contributed by atoms with van der Waals surface area (Å²) in [5.74, 6) is -0.548. The van der Waals surface area contributed by atoms with Crippen molar-refractivity contribution in [2.75, 3.05) is 25.4 Å². The van der Waals surface area contributed by atoms with Crippen LogP contribution in [0.25, 0.3) is 0 Å². The Balaban J connectivity index is 2.66. The highest BCUT2D eigenvalue weighted by molar-refractivity contribution is 7.91. The van der Waals surface area contributed by atoms with Crippen molar-refractivity contribution in [2.45, 2.75) is 11.3 Å². The smallest absolute Gasteiger partial charge is 0.223 e. The molecule has 1 amide bonds. The first kappa shape index (κ1) is 16.4. The molecule has 0 saturated carbocycles. The number of aliphatic hydroxyl groups excluding tert-OH is 1. The Morgan fingerprint density at radius 2 is 1.95 bits per heavy atom. The van der Waals surface area contributed by atoms with Gasteiger partial charge >= 0.3 is 0 Å². The van der Waals surface area contributed by atoms with E-state index in [0.717, 1.165) is 0 Å². The molecule has 6 heteroatoms. The van der Waals surface area contributed by atoms with Gasteiger partial charge in [0.05, 0.1) is 17.3 Å². The molecule has 0 aliphatic rings. The summed E-state index contributed by atoms with van der Waals surface area (Å²) in [5.41, 5.74) is 0. The number of nitrogens with zero attached hydrogens (tertiary/aromatic N) is 1. The van der Waals surface area contributed by atoms with E-state index in [1.54, 1.807) is 24.3 Å². The van der Waals surface area contributed by atoms with Crippen molar-refractivity contribution in [3.8, 4) is 0 Å². The molecule has 0 spiro atoms. The SMILES string of the molecule is C=CCN(CCO)C(=O)CCS(=O)(=O)c1ccccc1. The lowest BCUT2D eigenvalue weighted by atomic mass is 10.3. The van der Waals surface area contributed by atoms with Gasteiger partial charge < -0.3 is 10.0 Å². The third-order valence-electron chi connectivity index (χ3n) is 2.76. The van der Waals surface area contributed by atoms with Crippen LogP contribution in [0.3, 0.4) is 0 Å². The van der Waals surface area contributed by atoms with Crippen LogP contribution < -0.4 is 0 Å². The van der Waals surface area contributed by atoms with Gasteiger partial charge in [-0.25, -0.2) is 8.42 Å². The summed E-state index contributed by atoms with van der Waals surface area (Å²) in [6.45, 7) is 3.84. The van der Waals surface area contributed by atoms with Crippen LogP contribution in [0, 0.1) is 0 Å². The number of hydrogen-bond acceptors (Lipinski definition) is 4. The summed E-state index contributed by atoms with van der Waals surface area (Å²) >= 11 is 0. The first-order chi connectivity index (χ1) is 9.51. The summed E-state index contributed by atoms with van der Waals surface area (Å²) in [4.78, 5) is 13.5. The Bertz CT molecular complexity index is 540. The van der Waals surface area contributed by atoms with E-state index in [-0.39, 0.29) is 36.1 Å². The first-order valence-electron chi connectivity index (χ1n) is 6.28. The Labute approximate surface area is 119 Å². The lowest BCUT2D eigenvalue weighted by Crippen LogP contribution is -2.34. The maximum absolute atomic E-state index is 12.0. The van der Waals surface area contributed by atoms with Gasteiger partial charge in [0, 0.05) is 19.5 Å². The highest BCUT2D eigenvalue weighted by Crippen LogP contribution is 2.11. The van der Waals surface area contributed by atoms with Crippen LogP contribution in [-0.2, 0) is 14.6 Å². The number of aliphatic hydroxyl groups is 1. The van der Waals surface area contributed by atoms with E-state index in [9.17, 15) is 13.2 Å². The number of benzene rings is 1. The molecule has 0 aliphatic carbocycles. The van der Waals surface area contributed by atoms with Gasteiger partial charge in [-0.3, -0.25) is 4.79 Å². The fourth-order valence-corrected chi connectivity index (χ4v) is 2.97. The minimum atomic E-state index is -3.45. The zero-order chi connectivity index (χ0) is 15.0. The van der Waals surface area contributed by atoms with E-state index in [1.165, 1.54) is 17.0 Å². The highest BCUT2D eigenvalue weighted by Gasteiger charge is 2.18. The van der Waals surface area contributed by atoms with Crippen LogP contribution in [0.5, 0.6) is 0 Å². The molecule has 5 nitrogen and oxygen atoms in total. The van der Waals surface area contributed by atoms with E-state index in [2.05, 4.69) is 6.58 Å². The van der Waals surface area contributed by atoms with Gasteiger partial charge in [-0.2, -0.15) is 0 Å². The molecule has 1 N–H and O–H groups in total. The molecule has 0 aromatic heterocycles. The Morgan fingerprint density at radius 3 is 2.50 bits per heavy atom. The maximum atomic E-state index is 12.0. The lowest BCUT2D eigenvalue weighted by molar-refractivity contribution is -0.130. The fourth-order valence-electron chi connectivity index (χ4n) is 1.72. The molecule has 0 saturated heterocycles. The second kappa shape index (κ2) is 7.81. The van der Waals surface area contributed by atoms with Crippen molar-refractivity contribution >= 4 is 15.7 Å². The standard InChI is InChI=1S/C14H19NO4S/c1-2-9-15(10-11-16)14(17)8-12-20(18,19)13-6-4-3-5-7-13/h2-7,16H,1,8-12H2. The molecule has 1 aromatic carbocycles. The molecule has 0 aliphatic heterocycles. The number of hydrogen-bond donors (Lipinski definition) is 1. The van der Waals surface area contributed by atoms with E-state index >= 15 is 0 Å². The van der Waals surface area contributed by atoms with Gasteiger partial charge in [0.1, 0.15) is 0 Å². The molecule has 0 unspecified atom stereocenters. The van der Waals surface area contributed by atoms with Crippen LogP contribution in [0.2, 0.25) is 0 Å². The van der Waals surface area contributed by atoms with Crippen molar-refractivity contribution in [3.05, 3.63) is 43.0 Å². The summed E-state index contributed by atoms with van der Waals surface area (Å²) < 4.78 is 24.1. The van der Waals surface area contributed by atoms with Gasteiger partial charge in [-0.1, -0.05) is 24.3 Å². The number of carbonyl (C=O) groups excluding carboxylic acids is 1. The number of amides is 1. The van der Waals surface area contributed by atoms with Crippen molar-refractivity contribution in [1.29, 1.82) is 0 Å². The van der Waals surface area contributed by atoms with Crippen molar-refractivity contribution in [2.24, 2.45) is 0 Å². The summed E-state index contributed by atoms with van der Waals surface area (Å²) in [7, 11) is -3.45. The Kier molecular flexibility index (Phi) is 6.41. The third-order valence-corrected chi connectivity index (χ3v) is 4.49. The Morgan fingerprint density at radius 1 is 1.30 bits per heavy atom.